The Morgan fingerprint density at radius 2 is 1.62 bits per heavy atom. The van der Waals surface area contributed by atoms with Crippen LogP contribution in [0.4, 0.5) is 10.3 Å². The Morgan fingerprint density at radius 3 is 2.28 bits per heavy atom. The predicted octanol–water partition coefficient (Wildman–Crippen LogP) is 5.10. The molecule has 1 aliphatic heterocycles. The molecule has 158 valence electrons. The molecule has 0 spiro atoms. The zero-order chi connectivity index (χ0) is 22.1. The van der Waals surface area contributed by atoms with Crippen LogP contribution in [0.25, 0.3) is 11.3 Å². The molecule has 2 aromatic heterocycles. The quantitative estimate of drug-likeness (QED) is 0.422. The van der Waals surface area contributed by atoms with Gasteiger partial charge in [0.2, 0.25) is 10.3 Å². The fourth-order valence-electron chi connectivity index (χ4n) is 3.14. The number of amides is 1. The lowest BCUT2D eigenvalue weighted by Crippen LogP contribution is -2.28. The highest BCUT2D eigenvalue weighted by atomic mass is 32.1. The summed E-state index contributed by atoms with van der Waals surface area (Å²) in [6.07, 6.45) is 0. The maximum absolute atomic E-state index is 13.3. The van der Waals surface area contributed by atoms with E-state index in [2.05, 4.69) is 25.6 Å². The lowest BCUT2D eigenvalue weighted by atomic mass is 10.1. The standard InChI is InChI=1S/C23H18N6OS2/c1-14-15(2)32-22(24-14)27-26-20-19(17-11-7-4-8-12-17)28-29(21(20)30)23-25-18(13-31-23)16-9-5-3-6-10-16/h3-13H,1-2H3,(H,24,27). The smallest absolute Gasteiger partial charge is 0.265 e. The molecule has 0 atom stereocenters. The predicted molar refractivity (Wildman–Crippen MR) is 131 cm³/mol. The Kier molecular flexibility index (Phi) is 5.34. The van der Waals surface area contributed by atoms with Gasteiger partial charge in [-0.2, -0.15) is 15.2 Å². The molecule has 1 amide bonds. The van der Waals surface area contributed by atoms with Crippen LogP contribution in [0.3, 0.4) is 0 Å². The molecule has 7 nitrogen and oxygen atoms in total. The lowest BCUT2D eigenvalue weighted by Gasteiger charge is -2.06. The van der Waals surface area contributed by atoms with Gasteiger partial charge < -0.3 is 0 Å². The van der Waals surface area contributed by atoms with Crippen molar-refractivity contribution in [2.24, 2.45) is 10.2 Å². The van der Waals surface area contributed by atoms with Gasteiger partial charge in [0, 0.05) is 21.4 Å². The number of benzene rings is 2. The van der Waals surface area contributed by atoms with E-state index in [1.165, 1.54) is 27.7 Å². The molecule has 32 heavy (non-hydrogen) atoms. The third-order valence-corrected chi connectivity index (χ3v) is 6.69. The molecule has 1 aliphatic rings. The molecule has 0 aliphatic carbocycles. The molecule has 3 heterocycles. The SMILES string of the molecule is Cc1nc(NN=C2C(=O)N(c3nc(-c4ccccc4)cs3)N=C2c2ccccc2)sc1C. The summed E-state index contributed by atoms with van der Waals surface area (Å²) in [5, 5.41) is 13.4. The topological polar surface area (TPSA) is 82.8 Å². The first-order chi connectivity index (χ1) is 15.6. The number of carbonyl (C=O) groups is 1. The molecule has 0 bridgehead atoms. The summed E-state index contributed by atoms with van der Waals surface area (Å²) >= 11 is 2.86. The molecule has 9 heteroatoms. The highest BCUT2D eigenvalue weighted by Crippen LogP contribution is 2.30. The number of anilines is 2. The second kappa shape index (κ2) is 8.45. The number of carbonyl (C=O) groups excluding carboxylic acids is 1. The average Bonchev–Trinajstić information content (AvgIpc) is 3.51. The molecule has 0 unspecified atom stereocenters. The van der Waals surface area contributed by atoms with Gasteiger partial charge >= 0.3 is 5.91 Å². The minimum Gasteiger partial charge on any atom is -0.265 e. The number of aryl methyl sites for hydroxylation is 2. The molecular weight excluding hydrogens is 440 g/mol. The highest BCUT2D eigenvalue weighted by molar-refractivity contribution is 7.15. The summed E-state index contributed by atoms with van der Waals surface area (Å²) in [5.41, 5.74) is 7.16. The van der Waals surface area contributed by atoms with Gasteiger partial charge in [-0.3, -0.25) is 10.2 Å². The first-order valence-corrected chi connectivity index (χ1v) is 11.6. The second-order valence-corrected chi connectivity index (χ2v) is 9.09. The van der Waals surface area contributed by atoms with Gasteiger partial charge in [0.25, 0.3) is 0 Å². The van der Waals surface area contributed by atoms with Crippen LogP contribution in [0, 0.1) is 13.8 Å². The zero-order valence-corrected chi connectivity index (χ0v) is 18.9. The van der Waals surface area contributed by atoms with Gasteiger partial charge in [0.15, 0.2) is 5.71 Å². The van der Waals surface area contributed by atoms with Crippen molar-refractivity contribution in [3.05, 3.63) is 82.2 Å². The fraction of sp³-hybridized carbons (Fsp3) is 0.0870. The molecule has 4 aromatic rings. The number of nitrogens with one attached hydrogen (secondary N) is 1. The van der Waals surface area contributed by atoms with Crippen molar-refractivity contribution in [2.45, 2.75) is 13.8 Å². The number of hydrazone groups is 2. The van der Waals surface area contributed by atoms with E-state index < -0.39 is 0 Å². The number of rotatable bonds is 5. The maximum Gasteiger partial charge on any atom is 0.303 e. The van der Waals surface area contributed by atoms with Crippen molar-refractivity contribution in [2.75, 3.05) is 10.4 Å². The van der Waals surface area contributed by atoms with Gasteiger partial charge in [-0.25, -0.2) is 9.97 Å². The van der Waals surface area contributed by atoms with Gasteiger partial charge in [-0.05, 0) is 13.8 Å². The van der Waals surface area contributed by atoms with Crippen LogP contribution in [0.5, 0.6) is 0 Å². The molecular formula is C23H18N6OS2. The van der Waals surface area contributed by atoms with Gasteiger partial charge in [-0.15, -0.1) is 22.7 Å². The van der Waals surface area contributed by atoms with Crippen LogP contribution in [0.2, 0.25) is 0 Å². The normalized spacial score (nSPS) is 14.8. The van der Waals surface area contributed by atoms with E-state index in [1.54, 1.807) is 0 Å². The van der Waals surface area contributed by atoms with E-state index in [-0.39, 0.29) is 11.6 Å². The highest BCUT2D eigenvalue weighted by Gasteiger charge is 2.35. The molecule has 0 fully saturated rings. The molecule has 0 saturated carbocycles. The van der Waals surface area contributed by atoms with Crippen LogP contribution >= 0.6 is 22.7 Å². The van der Waals surface area contributed by atoms with Crippen molar-refractivity contribution < 1.29 is 4.79 Å². The number of nitrogens with zero attached hydrogens (tertiary/aromatic N) is 5. The Morgan fingerprint density at radius 1 is 0.938 bits per heavy atom. The van der Waals surface area contributed by atoms with Crippen LogP contribution in [-0.2, 0) is 4.79 Å². The molecule has 0 saturated heterocycles. The summed E-state index contributed by atoms with van der Waals surface area (Å²) in [4.78, 5) is 23.5. The van der Waals surface area contributed by atoms with Gasteiger partial charge in [0.05, 0.1) is 11.4 Å². The average molecular weight is 459 g/mol. The molecule has 2 aromatic carbocycles. The number of aromatic nitrogens is 2. The first-order valence-electron chi connectivity index (χ1n) is 9.87. The number of hydrogen-bond acceptors (Lipinski definition) is 8. The van der Waals surface area contributed by atoms with E-state index in [4.69, 9.17) is 0 Å². The zero-order valence-electron chi connectivity index (χ0n) is 17.3. The largest absolute Gasteiger partial charge is 0.303 e. The van der Waals surface area contributed by atoms with Gasteiger partial charge in [-0.1, -0.05) is 60.7 Å². The van der Waals surface area contributed by atoms with E-state index in [0.29, 0.717) is 16.0 Å². The Hall–Kier alpha value is -3.69. The minimum absolute atomic E-state index is 0.221. The van der Waals surface area contributed by atoms with Crippen molar-refractivity contribution in [1.82, 2.24) is 9.97 Å². The second-order valence-electron chi connectivity index (χ2n) is 7.05. The Bertz CT molecular complexity index is 1320. The first kappa shape index (κ1) is 20.2. The summed E-state index contributed by atoms with van der Waals surface area (Å²) in [5.74, 6) is -0.338. The molecule has 0 radical (unpaired) electrons. The summed E-state index contributed by atoms with van der Waals surface area (Å²) < 4.78 is 0. The Balaban J connectivity index is 1.51. The van der Waals surface area contributed by atoms with Crippen molar-refractivity contribution in [3.8, 4) is 11.3 Å². The summed E-state index contributed by atoms with van der Waals surface area (Å²) in [7, 11) is 0. The van der Waals surface area contributed by atoms with E-state index in [1.807, 2.05) is 79.9 Å². The van der Waals surface area contributed by atoms with Crippen molar-refractivity contribution in [1.29, 1.82) is 0 Å². The molecule has 1 N–H and O–H groups in total. The van der Waals surface area contributed by atoms with Crippen LogP contribution < -0.4 is 10.4 Å². The van der Waals surface area contributed by atoms with Gasteiger partial charge in [0.1, 0.15) is 5.71 Å². The maximum atomic E-state index is 13.3. The van der Waals surface area contributed by atoms with Crippen LogP contribution in [0.15, 0.2) is 76.2 Å². The molecule has 5 rings (SSSR count). The van der Waals surface area contributed by atoms with E-state index >= 15 is 0 Å². The van der Waals surface area contributed by atoms with E-state index in [9.17, 15) is 4.79 Å². The fourth-order valence-corrected chi connectivity index (χ4v) is 4.68. The summed E-state index contributed by atoms with van der Waals surface area (Å²) in [6, 6.07) is 19.4. The lowest BCUT2D eigenvalue weighted by molar-refractivity contribution is -0.112. The van der Waals surface area contributed by atoms with Crippen molar-refractivity contribution >= 4 is 50.3 Å². The number of thiazole rings is 2. The third-order valence-electron chi connectivity index (χ3n) is 4.90. The van der Waals surface area contributed by atoms with Crippen LogP contribution in [-0.4, -0.2) is 27.3 Å². The Labute approximate surface area is 192 Å². The third kappa shape index (κ3) is 3.83. The van der Waals surface area contributed by atoms with E-state index in [0.717, 1.165) is 27.4 Å². The van der Waals surface area contributed by atoms with Crippen molar-refractivity contribution in [3.63, 3.8) is 0 Å². The van der Waals surface area contributed by atoms with Crippen LogP contribution in [0.1, 0.15) is 16.1 Å². The minimum atomic E-state index is -0.338. The number of hydrogen-bond donors (Lipinski definition) is 1. The summed E-state index contributed by atoms with van der Waals surface area (Å²) in [6.45, 7) is 3.94. The monoisotopic (exact) mass is 458 g/mol.